The highest BCUT2D eigenvalue weighted by Crippen LogP contribution is 2.31. The van der Waals surface area contributed by atoms with E-state index in [0.717, 1.165) is 11.1 Å². The first-order chi connectivity index (χ1) is 25.0. The summed E-state index contributed by atoms with van der Waals surface area (Å²) in [5.41, 5.74) is 1.73. The van der Waals surface area contributed by atoms with Gasteiger partial charge in [0, 0.05) is 0 Å². The molecule has 19 nitrogen and oxygen atoms in total. The Kier molecular flexibility index (Phi) is 16.5. The molecule has 4 saturated heterocycles. The Hall–Kier alpha value is -1.28. The molecule has 4 aliphatic rings. The number of aliphatic hydroxyl groups excluding tert-OH is 11. The highest BCUT2D eigenvalue weighted by Gasteiger charge is 2.51. The smallest absolute Gasteiger partial charge is 0.187 e. The lowest BCUT2D eigenvalue weighted by atomic mass is 9.97. The van der Waals surface area contributed by atoms with Crippen molar-refractivity contribution in [3.05, 3.63) is 23.3 Å². The summed E-state index contributed by atoms with van der Waals surface area (Å²) < 4.78 is 45.2. The van der Waals surface area contributed by atoms with Crippen LogP contribution in [-0.4, -0.2) is 199 Å². The standard InChI is InChI=1S/C34H58O19/c1-13(9-10-46-31-28(45)29(21(38)17(5)48-31)52-32-26(43)23(40)19(36)15(3)49-32)7-6-8-14(2)12-47-34-30(25(42)20(37)16(4)50-34)53-33-27(44)24(41)22(39)18(11-35)51-33/h8-9,15-45H,6-7,10-12H2,1-5H3/b13-9-,14-8+/t15-,16-,17-,18+,19-,20-,21-,22+,23+,24-,25+,26+,27+,28+,29+,30+,31-,32+,33-,34-/m0/s1. The van der Waals surface area contributed by atoms with Gasteiger partial charge in [-0.05, 0) is 47.5 Å². The molecule has 0 amide bonds. The molecule has 308 valence electrons. The van der Waals surface area contributed by atoms with Crippen LogP contribution in [0.25, 0.3) is 0 Å². The molecule has 0 aromatic heterocycles. The number of rotatable bonds is 14. The predicted molar refractivity (Wildman–Crippen MR) is 177 cm³/mol. The van der Waals surface area contributed by atoms with Crippen LogP contribution in [0.4, 0.5) is 0 Å². The van der Waals surface area contributed by atoms with Crippen molar-refractivity contribution in [3.8, 4) is 0 Å². The van der Waals surface area contributed by atoms with E-state index >= 15 is 0 Å². The second-order valence-electron chi connectivity index (χ2n) is 14.2. The minimum atomic E-state index is -1.74. The van der Waals surface area contributed by atoms with E-state index in [2.05, 4.69) is 0 Å². The molecular weight excluding hydrogens is 712 g/mol. The minimum Gasteiger partial charge on any atom is -0.394 e. The molecule has 19 heteroatoms. The third-order valence-corrected chi connectivity index (χ3v) is 10.0. The molecule has 0 unspecified atom stereocenters. The quantitative estimate of drug-likeness (QED) is 0.0751. The molecule has 4 fully saturated rings. The fraction of sp³-hybridized carbons (Fsp3) is 0.882. The van der Waals surface area contributed by atoms with Gasteiger partial charge >= 0.3 is 0 Å². The van der Waals surface area contributed by atoms with Gasteiger partial charge in [-0.3, -0.25) is 0 Å². The molecule has 0 aliphatic carbocycles. The minimum absolute atomic E-state index is 0.0339. The molecule has 53 heavy (non-hydrogen) atoms. The van der Waals surface area contributed by atoms with E-state index in [4.69, 9.17) is 37.9 Å². The Morgan fingerprint density at radius 3 is 1.68 bits per heavy atom. The van der Waals surface area contributed by atoms with Gasteiger partial charge in [-0.1, -0.05) is 23.3 Å². The Bertz CT molecular complexity index is 1190. The average Bonchev–Trinajstić information content (AvgIpc) is 3.12. The molecule has 0 spiro atoms. The first-order valence-electron chi connectivity index (χ1n) is 17.8. The van der Waals surface area contributed by atoms with Crippen LogP contribution >= 0.6 is 0 Å². The molecule has 4 rings (SSSR count). The zero-order chi connectivity index (χ0) is 39.3. The SMILES string of the molecule is C/C(=C/CO[C@H]1O[C@@H](C)[C@H](O)[C@@H](O[C@H]2O[C@@H](C)[C@H](O)[C@@H](O)[C@H]2O)[C@H]1O)CC/C=C(\C)CO[C@H]1O[C@@H](C)[C@H](O)[C@@H](O)[C@H]1O[C@@H]1O[C@H](CO)[C@@H](O)[C@H](O)[C@H]1O. The van der Waals surface area contributed by atoms with E-state index in [-0.39, 0.29) is 13.2 Å². The lowest BCUT2D eigenvalue weighted by Gasteiger charge is -2.45. The first kappa shape index (κ1) is 44.4. The summed E-state index contributed by atoms with van der Waals surface area (Å²) in [6.07, 6.45) is -22.3. The molecule has 0 radical (unpaired) electrons. The maximum atomic E-state index is 10.9. The summed E-state index contributed by atoms with van der Waals surface area (Å²) >= 11 is 0. The maximum Gasteiger partial charge on any atom is 0.187 e. The van der Waals surface area contributed by atoms with Gasteiger partial charge in [0.2, 0.25) is 0 Å². The molecule has 4 heterocycles. The van der Waals surface area contributed by atoms with E-state index in [1.54, 1.807) is 13.0 Å². The van der Waals surface area contributed by atoms with Crippen molar-refractivity contribution >= 4 is 0 Å². The summed E-state index contributed by atoms with van der Waals surface area (Å²) in [5, 5.41) is 113. The molecule has 0 aromatic carbocycles. The third-order valence-electron chi connectivity index (χ3n) is 10.0. The molecule has 11 N–H and O–H groups in total. The average molecular weight is 771 g/mol. The van der Waals surface area contributed by atoms with Crippen LogP contribution < -0.4 is 0 Å². The number of hydrogen-bond acceptors (Lipinski definition) is 19. The van der Waals surface area contributed by atoms with Crippen LogP contribution in [0.2, 0.25) is 0 Å². The Morgan fingerprint density at radius 1 is 0.509 bits per heavy atom. The number of aliphatic hydroxyl groups is 11. The second kappa shape index (κ2) is 19.7. The van der Waals surface area contributed by atoms with E-state index in [1.165, 1.54) is 13.8 Å². The van der Waals surface area contributed by atoms with Gasteiger partial charge in [0.25, 0.3) is 0 Å². The number of ether oxygens (including phenoxy) is 8. The second-order valence-corrected chi connectivity index (χ2v) is 14.2. The normalized spacial score (nSPS) is 47.5. The van der Waals surface area contributed by atoms with Gasteiger partial charge < -0.3 is 94.1 Å². The van der Waals surface area contributed by atoms with Crippen molar-refractivity contribution in [2.24, 2.45) is 0 Å². The van der Waals surface area contributed by atoms with Crippen molar-refractivity contribution in [2.75, 3.05) is 19.8 Å². The summed E-state index contributed by atoms with van der Waals surface area (Å²) in [5.74, 6) is 0. The monoisotopic (exact) mass is 770 g/mol. The topological polar surface area (TPSA) is 296 Å². The number of hydrogen-bond donors (Lipinski definition) is 11. The van der Waals surface area contributed by atoms with Gasteiger partial charge in [0.05, 0.1) is 38.1 Å². The van der Waals surface area contributed by atoms with Gasteiger partial charge in [-0.15, -0.1) is 0 Å². The van der Waals surface area contributed by atoms with Gasteiger partial charge in [0.1, 0.15) is 79.4 Å². The van der Waals surface area contributed by atoms with Crippen molar-refractivity contribution in [3.63, 3.8) is 0 Å². The van der Waals surface area contributed by atoms with Crippen LogP contribution in [0, 0.1) is 0 Å². The lowest BCUT2D eigenvalue weighted by molar-refractivity contribution is -0.363. The van der Waals surface area contributed by atoms with Gasteiger partial charge in [-0.25, -0.2) is 0 Å². The number of allylic oxidation sites excluding steroid dienone is 2. The maximum absolute atomic E-state index is 10.9. The largest absolute Gasteiger partial charge is 0.394 e. The summed E-state index contributed by atoms with van der Waals surface area (Å²) in [4.78, 5) is 0. The van der Waals surface area contributed by atoms with Crippen LogP contribution in [0.15, 0.2) is 23.3 Å². The van der Waals surface area contributed by atoms with Crippen molar-refractivity contribution < 1.29 is 94.1 Å². The molecule has 0 aromatic rings. The van der Waals surface area contributed by atoms with Gasteiger partial charge in [0.15, 0.2) is 25.2 Å². The highest BCUT2D eigenvalue weighted by molar-refractivity contribution is 5.05. The fourth-order valence-corrected chi connectivity index (χ4v) is 6.40. The first-order valence-corrected chi connectivity index (χ1v) is 17.8. The third kappa shape index (κ3) is 10.8. The molecular formula is C34H58O19. The van der Waals surface area contributed by atoms with Crippen molar-refractivity contribution in [1.82, 2.24) is 0 Å². The Morgan fingerprint density at radius 2 is 1.04 bits per heavy atom. The van der Waals surface area contributed by atoms with Crippen molar-refractivity contribution in [2.45, 2.75) is 170 Å². The molecule has 0 bridgehead atoms. The Balaban J connectivity index is 1.26. The lowest BCUT2D eigenvalue weighted by Crippen LogP contribution is -2.64. The Labute approximate surface area is 307 Å². The fourth-order valence-electron chi connectivity index (χ4n) is 6.40. The summed E-state index contributed by atoms with van der Waals surface area (Å²) in [6.45, 7) is 7.66. The van der Waals surface area contributed by atoms with E-state index in [0.29, 0.717) is 12.8 Å². The highest BCUT2D eigenvalue weighted by atomic mass is 16.8. The van der Waals surface area contributed by atoms with Crippen LogP contribution in [0.1, 0.15) is 47.5 Å². The molecule has 20 atom stereocenters. The zero-order valence-electron chi connectivity index (χ0n) is 30.4. The van der Waals surface area contributed by atoms with Crippen LogP contribution in [-0.2, 0) is 37.9 Å². The predicted octanol–water partition coefficient (Wildman–Crippen LogP) is -3.98. The van der Waals surface area contributed by atoms with Crippen LogP contribution in [0.3, 0.4) is 0 Å². The summed E-state index contributed by atoms with van der Waals surface area (Å²) in [6, 6.07) is 0. The van der Waals surface area contributed by atoms with E-state index in [9.17, 15) is 56.2 Å². The van der Waals surface area contributed by atoms with E-state index in [1.807, 2.05) is 19.9 Å². The van der Waals surface area contributed by atoms with Crippen LogP contribution in [0.5, 0.6) is 0 Å². The van der Waals surface area contributed by atoms with E-state index < -0.39 is 129 Å². The summed E-state index contributed by atoms with van der Waals surface area (Å²) in [7, 11) is 0. The van der Waals surface area contributed by atoms with Gasteiger partial charge in [-0.2, -0.15) is 0 Å². The van der Waals surface area contributed by atoms with Crippen molar-refractivity contribution in [1.29, 1.82) is 0 Å². The zero-order valence-corrected chi connectivity index (χ0v) is 30.4. The molecule has 0 saturated carbocycles. The molecule has 4 aliphatic heterocycles.